The fourth-order valence-corrected chi connectivity index (χ4v) is 3.45. The molecule has 3 aromatic rings. The SMILES string of the molecule is COc1ccc(CN2C(=O)c3ccccc3/C2=C/c2ccc(C(F)(F)F)cc2)cc1. The number of carbonyl (C=O) groups is 1. The number of benzene rings is 3. The fraction of sp³-hybridized carbons (Fsp3) is 0.125. The summed E-state index contributed by atoms with van der Waals surface area (Å²) >= 11 is 0. The molecule has 0 aromatic heterocycles. The number of nitrogens with zero attached hydrogens (tertiary/aromatic N) is 1. The molecule has 6 heteroatoms. The van der Waals surface area contributed by atoms with Gasteiger partial charge < -0.3 is 9.64 Å². The van der Waals surface area contributed by atoms with Crippen molar-refractivity contribution in [1.29, 1.82) is 0 Å². The predicted octanol–water partition coefficient (Wildman–Crippen LogP) is 5.87. The molecule has 0 fully saturated rings. The molecule has 0 aliphatic carbocycles. The molecular weight excluding hydrogens is 391 g/mol. The first-order chi connectivity index (χ1) is 14.4. The van der Waals surface area contributed by atoms with Crippen LogP contribution in [0, 0.1) is 0 Å². The maximum absolute atomic E-state index is 13.0. The van der Waals surface area contributed by atoms with Crippen LogP contribution in [0.25, 0.3) is 11.8 Å². The van der Waals surface area contributed by atoms with Crippen molar-refractivity contribution in [3.8, 4) is 5.75 Å². The summed E-state index contributed by atoms with van der Waals surface area (Å²) in [7, 11) is 1.58. The van der Waals surface area contributed by atoms with Gasteiger partial charge in [-0.1, -0.05) is 42.5 Å². The van der Waals surface area contributed by atoms with Gasteiger partial charge in [-0.2, -0.15) is 13.2 Å². The Kier molecular flexibility index (Phi) is 5.08. The molecule has 1 heterocycles. The largest absolute Gasteiger partial charge is 0.497 e. The summed E-state index contributed by atoms with van der Waals surface area (Å²) < 4.78 is 43.7. The van der Waals surface area contributed by atoms with E-state index in [1.165, 1.54) is 12.1 Å². The molecule has 152 valence electrons. The summed E-state index contributed by atoms with van der Waals surface area (Å²) in [6.07, 6.45) is -2.64. The fourth-order valence-electron chi connectivity index (χ4n) is 3.45. The minimum absolute atomic E-state index is 0.139. The second kappa shape index (κ2) is 7.71. The van der Waals surface area contributed by atoms with Crippen LogP contribution in [-0.2, 0) is 12.7 Å². The quantitative estimate of drug-likeness (QED) is 0.540. The molecule has 1 aliphatic rings. The Labute approximate surface area is 172 Å². The molecule has 3 nitrogen and oxygen atoms in total. The van der Waals surface area contributed by atoms with Crippen molar-refractivity contribution in [3.63, 3.8) is 0 Å². The molecule has 30 heavy (non-hydrogen) atoms. The van der Waals surface area contributed by atoms with E-state index in [2.05, 4.69) is 0 Å². The molecule has 0 bridgehead atoms. The highest BCUT2D eigenvalue weighted by Crippen LogP contribution is 2.36. The monoisotopic (exact) mass is 409 g/mol. The van der Waals surface area contributed by atoms with Gasteiger partial charge in [0.1, 0.15) is 5.75 Å². The summed E-state index contributed by atoms with van der Waals surface area (Å²) in [5, 5.41) is 0. The van der Waals surface area contributed by atoms with Crippen LogP contribution in [0.5, 0.6) is 5.75 Å². The third-order valence-corrected chi connectivity index (χ3v) is 5.01. The lowest BCUT2D eigenvalue weighted by Crippen LogP contribution is -2.22. The number of hydrogen-bond donors (Lipinski definition) is 0. The van der Waals surface area contributed by atoms with Gasteiger partial charge in [0.15, 0.2) is 0 Å². The number of rotatable bonds is 4. The molecule has 0 N–H and O–H groups in total. The highest BCUT2D eigenvalue weighted by Gasteiger charge is 2.32. The van der Waals surface area contributed by atoms with Crippen LogP contribution in [0.1, 0.15) is 32.6 Å². The molecule has 1 amide bonds. The lowest BCUT2D eigenvalue weighted by atomic mass is 10.1. The molecule has 0 saturated carbocycles. The molecule has 0 spiro atoms. The van der Waals surface area contributed by atoms with Gasteiger partial charge in [0.25, 0.3) is 5.91 Å². The zero-order valence-corrected chi connectivity index (χ0v) is 16.1. The Morgan fingerprint density at radius 2 is 1.53 bits per heavy atom. The van der Waals surface area contributed by atoms with Crippen LogP contribution in [-0.4, -0.2) is 17.9 Å². The standard InChI is InChI=1S/C24H18F3NO2/c1-30-19-12-8-17(9-13-19)15-28-22(20-4-2-3-5-21(20)23(28)29)14-16-6-10-18(11-7-16)24(25,26)27/h2-14H,15H2,1H3/b22-14-. The van der Waals surface area contributed by atoms with E-state index in [9.17, 15) is 18.0 Å². The van der Waals surface area contributed by atoms with E-state index in [0.717, 1.165) is 29.0 Å². The highest BCUT2D eigenvalue weighted by molar-refractivity contribution is 6.11. The van der Waals surface area contributed by atoms with Gasteiger partial charge in [-0.05, 0) is 47.5 Å². The molecule has 0 radical (unpaired) electrons. The highest BCUT2D eigenvalue weighted by atomic mass is 19.4. The molecule has 0 unspecified atom stereocenters. The first-order valence-corrected chi connectivity index (χ1v) is 9.30. The van der Waals surface area contributed by atoms with E-state index >= 15 is 0 Å². The third kappa shape index (κ3) is 3.81. The zero-order chi connectivity index (χ0) is 21.3. The Balaban J connectivity index is 1.71. The van der Waals surface area contributed by atoms with Crippen molar-refractivity contribution < 1.29 is 22.7 Å². The summed E-state index contributed by atoms with van der Waals surface area (Å²) in [6, 6.07) is 19.5. The number of hydrogen-bond acceptors (Lipinski definition) is 2. The van der Waals surface area contributed by atoms with E-state index in [1.54, 1.807) is 30.2 Å². The zero-order valence-electron chi connectivity index (χ0n) is 16.1. The molecule has 1 aliphatic heterocycles. The van der Waals surface area contributed by atoms with Gasteiger partial charge in [0.2, 0.25) is 0 Å². The van der Waals surface area contributed by atoms with E-state index in [0.29, 0.717) is 23.4 Å². The molecular formula is C24H18F3NO2. The Morgan fingerprint density at radius 3 is 2.13 bits per heavy atom. The van der Waals surface area contributed by atoms with Crippen molar-refractivity contribution in [2.45, 2.75) is 12.7 Å². The van der Waals surface area contributed by atoms with E-state index < -0.39 is 11.7 Å². The minimum atomic E-state index is -4.39. The average Bonchev–Trinajstić information content (AvgIpc) is 3.00. The minimum Gasteiger partial charge on any atom is -0.497 e. The van der Waals surface area contributed by atoms with Crippen LogP contribution in [0.2, 0.25) is 0 Å². The second-order valence-electron chi connectivity index (χ2n) is 6.93. The average molecular weight is 409 g/mol. The molecule has 0 saturated heterocycles. The first-order valence-electron chi connectivity index (χ1n) is 9.30. The first kappa shape index (κ1) is 19.8. The second-order valence-corrected chi connectivity index (χ2v) is 6.93. The van der Waals surface area contributed by atoms with E-state index in [4.69, 9.17) is 4.74 Å². The lowest BCUT2D eigenvalue weighted by Gasteiger charge is -2.19. The number of fused-ring (bicyclic) bond motifs is 1. The van der Waals surface area contributed by atoms with Gasteiger partial charge in [-0.3, -0.25) is 4.79 Å². The van der Waals surface area contributed by atoms with Crippen molar-refractivity contribution in [2.75, 3.05) is 7.11 Å². The van der Waals surface area contributed by atoms with Gasteiger partial charge in [-0.25, -0.2) is 0 Å². The van der Waals surface area contributed by atoms with Crippen molar-refractivity contribution in [1.82, 2.24) is 4.90 Å². The van der Waals surface area contributed by atoms with Crippen molar-refractivity contribution in [2.24, 2.45) is 0 Å². The van der Waals surface area contributed by atoms with Gasteiger partial charge >= 0.3 is 6.18 Å². The molecule has 3 aromatic carbocycles. The maximum atomic E-state index is 13.0. The number of amides is 1. The predicted molar refractivity (Wildman–Crippen MR) is 109 cm³/mol. The van der Waals surface area contributed by atoms with Gasteiger partial charge in [0.05, 0.1) is 24.9 Å². The van der Waals surface area contributed by atoms with E-state index in [-0.39, 0.29) is 5.91 Å². The van der Waals surface area contributed by atoms with Crippen LogP contribution >= 0.6 is 0 Å². The van der Waals surface area contributed by atoms with Crippen LogP contribution in [0.15, 0.2) is 72.8 Å². The third-order valence-electron chi connectivity index (χ3n) is 5.01. The number of alkyl halides is 3. The summed E-state index contributed by atoms with van der Waals surface area (Å²) in [6.45, 7) is 0.337. The molecule has 0 atom stereocenters. The Morgan fingerprint density at radius 1 is 0.900 bits per heavy atom. The van der Waals surface area contributed by atoms with E-state index in [1.807, 2.05) is 36.4 Å². The summed E-state index contributed by atoms with van der Waals surface area (Å²) in [5.41, 5.74) is 2.78. The summed E-state index contributed by atoms with van der Waals surface area (Å²) in [4.78, 5) is 14.7. The Bertz CT molecular complexity index is 1100. The topological polar surface area (TPSA) is 29.5 Å². The van der Waals surface area contributed by atoms with Crippen molar-refractivity contribution in [3.05, 3.63) is 101 Å². The summed E-state index contributed by atoms with van der Waals surface area (Å²) in [5.74, 6) is 0.579. The molecule has 4 rings (SSSR count). The van der Waals surface area contributed by atoms with Crippen LogP contribution in [0.4, 0.5) is 13.2 Å². The lowest BCUT2D eigenvalue weighted by molar-refractivity contribution is -0.137. The number of halogens is 3. The number of ether oxygens (including phenoxy) is 1. The van der Waals surface area contributed by atoms with Gasteiger partial charge in [-0.15, -0.1) is 0 Å². The maximum Gasteiger partial charge on any atom is 0.416 e. The number of carbonyl (C=O) groups excluding carboxylic acids is 1. The Hall–Kier alpha value is -3.54. The smallest absolute Gasteiger partial charge is 0.416 e. The van der Waals surface area contributed by atoms with Gasteiger partial charge in [0, 0.05) is 11.1 Å². The normalized spacial score (nSPS) is 14.9. The number of methoxy groups -OCH3 is 1. The van der Waals surface area contributed by atoms with Crippen molar-refractivity contribution >= 4 is 17.7 Å². The van der Waals surface area contributed by atoms with Crippen LogP contribution in [0.3, 0.4) is 0 Å². The van der Waals surface area contributed by atoms with Crippen LogP contribution < -0.4 is 4.74 Å².